The number of fused-ring (bicyclic) bond motifs is 6. The molecule has 2 aliphatic heterocycles. The van der Waals surface area contributed by atoms with Crippen LogP contribution < -0.4 is 18.9 Å². The highest BCUT2D eigenvalue weighted by atomic mass is 16.6. The quantitative estimate of drug-likeness (QED) is 0.365. The number of hydrogen-bond acceptors (Lipinski definition) is 9. The maximum absolute atomic E-state index is 6.46. The maximum Gasteiger partial charge on any atom is 0.239 e. The van der Waals surface area contributed by atoms with Crippen LogP contribution in [0.2, 0.25) is 0 Å². The first-order valence-electron chi connectivity index (χ1n) is 12.3. The fourth-order valence-corrected chi connectivity index (χ4v) is 4.87. The smallest absolute Gasteiger partial charge is 0.239 e. The molecule has 0 aliphatic carbocycles. The summed E-state index contributed by atoms with van der Waals surface area (Å²) in [6, 6.07) is 3.95. The van der Waals surface area contributed by atoms with Crippen molar-refractivity contribution in [3.63, 3.8) is 0 Å². The second-order valence-corrected chi connectivity index (χ2v) is 9.52. The first-order chi connectivity index (χ1) is 17.6. The van der Waals surface area contributed by atoms with E-state index >= 15 is 0 Å². The molecule has 0 spiro atoms. The molecule has 11 heteroatoms. The Morgan fingerprint density at radius 1 is 0.917 bits per heavy atom. The normalized spacial score (nSPS) is 17.0. The van der Waals surface area contributed by atoms with Crippen molar-refractivity contribution >= 4 is 22.1 Å². The Morgan fingerprint density at radius 2 is 1.69 bits per heavy atom. The summed E-state index contributed by atoms with van der Waals surface area (Å²) in [4.78, 5) is 17.7. The van der Waals surface area contributed by atoms with Gasteiger partial charge in [-0.2, -0.15) is 0 Å². The summed E-state index contributed by atoms with van der Waals surface area (Å²) < 4.78 is 28.7. The molecule has 0 radical (unpaired) electrons. The van der Waals surface area contributed by atoms with Gasteiger partial charge in [-0.3, -0.25) is 9.13 Å². The molecule has 4 aromatic heterocycles. The van der Waals surface area contributed by atoms with Crippen molar-refractivity contribution in [3.8, 4) is 23.3 Å². The van der Waals surface area contributed by atoms with E-state index in [0.29, 0.717) is 26.4 Å². The molecule has 11 nitrogen and oxygen atoms in total. The van der Waals surface area contributed by atoms with Crippen molar-refractivity contribution in [2.24, 2.45) is 0 Å². The second-order valence-electron chi connectivity index (χ2n) is 9.52. The zero-order valence-electron chi connectivity index (χ0n) is 20.9. The van der Waals surface area contributed by atoms with Crippen LogP contribution in [-0.2, 0) is 13.1 Å². The summed E-state index contributed by atoms with van der Waals surface area (Å²) in [6.45, 7) is 5.43. The first kappa shape index (κ1) is 22.9. The lowest BCUT2D eigenvalue weighted by molar-refractivity contribution is 0.0603. The molecular formula is C25H31N7O4. The van der Waals surface area contributed by atoms with Gasteiger partial charge in [0.2, 0.25) is 11.8 Å². The summed E-state index contributed by atoms with van der Waals surface area (Å²) in [5.41, 5.74) is 1.72. The number of nitrogens with zero attached hydrogens (tertiary/aromatic N) is 7. The second kappa shape index (κ2) is 9.47. The van der Waals surface area contributed by atoms with E-state index in [4.69, 9.17) is 18.9 Å². The van der Waals surface area contributed by atoms with Crippen LogP contribution in [0.15, 0.2) is 30.9 Å². The lowest BCUT2D eigenvalue weighted by atomic mass is 10.3. The minimum atomic E-state index is -0.108. The standard InChI is InChI=1S/C25H31N7O4/c1-29(2)7-9-31-23-19(13-26-16-28-23)21-25(31)35-15-17(36-21)14-30(3)8-10-32-22-18(5-4-6-27-22)20-24(32)34-12-11-33-20/h4-6,13,16-17H,7-12,14-15H2,1-3H3. The Hall–Kier alpha value is -3.57. The highest BCUT2D eigenvalue weighted by molar-refractivity contribution is 5.88. The Kier molecular flexibility index (Phi) is 6.02. The molecule has 0 amide bonds. The molecule has 1 unspecified atom stereocenters. The summed E-state index contributed by atoms with van der Waals surface area (Å²) in [5, 5.41) is 1.87. The Morgan fingerprint density at radius 3 is 2.56 bits per heavy atom. The minimum Gasteiger partial charge on any atom is -0.484 e. The van der Waals surface area contributed by atoms with Crippen LogP contribution in [0.3, 0.4) is 0 Å². The van der Waals surface area contributed by atoms with Crippen molar-refractivity contribution in [2.45, 2.75) is 19.2 Å². The average molecular weight is 494 g/mol. The number of rotatable bonds is 8. The molecule has 6 heterocycles. The Labute approximate surface area is 209 Å². The molecule has 0 fully saturated rings. The van der Waals surface area contributed by atoms with Crippen molar-refractivity contribution in [1.29, 1.82) is 0 Å². The Balaban J connectivity index is 1.16. The molecule has 6 rings (SSSR count). The number of pyridine rings is 1. The average Bonchev–Trinajstić information content (AvgIpc) is 3.38. The van der Waals surface area contributed by atoms with Gasteiger partial charge in [0.1, 0.15) is 43.5 Å². The molecule has 2 aliphatic rings. The van der Waals surface area contributed by atoms with Gasteiger partial charge in [-0.15, -0.1) is 0 Å². The molecule has 36 heavy (non-hydrogen) atoms. The van der Waals surface area contributed by atoms with Crippen LogP contribution in [0.5, 0.6) is 23.3 Å². The molecule has 0 saturated carbocycles. The van der Waals surface area contributed by atoms with Gasteiger partial charge < -0.3 is 28.7 Å². The van der Waals surface area contributed by atoms with Crippen molar-refractivity contribution in [3.05, 3.63) is 30.9 Å². The molecule has 190 valence electrons. The van der Waals surface area contributed by atoms with E-state index in [0.717, 1.165) is 71.5 Å². The fraction of sp³-hybridized carbons (Fsp3) is 0.480. The minimum absolute atomic E-state index is 0.108. The van der Waals surface area contributed by atoms with E-state index in [1.165, 1.54) is 0 Å². The number of hydrogen-bond donors (Lipinski definition) is 0. The third kappa shape index (κ3) is 4.07. The van der Waals surface area contributed by atoms with Crippen LogP contribution in [-0.4, -0.2) is 101 Å². The van der Waals surface area contributed by atoms with E-state index in [2.05, 4.69) is 55.0 Å². The maximum atomic E-state index is 6.46. The predicted octanol–water partition coefficient (Wildman–Crippen LogP) is 1.89. The Bertz CT molecular complexity index is 1380. The lowest BCUT2D eigenvalue weighted by Gasteiger charge is -2.29. The predicted molar refractivity (Wildman–Crippen MR) is 134 cm³/mol. The highest BCUT2D eigenvalue weighted by Gasteiger charge is 2.30. The SMILES string of the molecule is CN(C)CCn1c2c(c3cncnc31)OC(CN(C)CCn1c3c(c4cccnc41)OCCO3)CO2. The summed E-state index contributed by atoms with van der Waals surface area (Å²) in [7, 11) is 6.20. The summed E-state index contributed by atoms with van der Waals surface area (Å²) in [5.74, 6) is 3.02. The van der Waals surface area contributed by atoms with Gasteiger partial charge in [0.05, 0.1) is 10.8 Å². The molecule has 0 saturated heterocycles. The van der Waals surface area contributed by atoms with Gasteiger partial charge in [0.15, 0.2) is 11.5 Å². The molecule has 1 atom stereocenters. The van der Waals surface area contributed by atoms with Crippen LogP contribution >= 0.6 is 0 Å². The molecule has 0 bridgehead atoms. The first-order valence-corrected chi connectivity index (χ1v) is 12.3. The van der Waals surface area contributed by atoms with Gasteiger partial charge in [0.25, 0.3) is 0 Å². The van der Waals surface area contributed by atoms with E-state index in [9.17, 15) is 0 Å². The number of likely N-dealkylation sites (N-methyl/N-ethyl adjacent to an activating group) is 2. The zero-order chi connectivity index (χ0) is 24.6. The van der Waals surface area contributed by atoms with Gasteiger partial charge in [-0.1, -0.05) is 0 Å². The van der Waals surface area contributed by atoms with Gasteiger partial charge in [0, 0.05) is 45.1 Å². The van der Waals surface area contributed by atoms with Crippen molar-refractivity contribution in [2.75, 3.05) is 60.6 Å². The van der Waals surface area contributed by atoms with Crippen molar-refractivity contribution in [1.82, 2.24) is 33.9 Å². The molecule has 0 N–H and O–H groups in total. The van der Waals surface area contributed by atoms with E-state index in [-0.39, 0.29) is 6.10 Å². The topological polar surface area (TPSA) is 91.9 Å². The number of aromatic nitrogens is 5. The molecule has 0 aromatic carbocycles. The molecule has 4 aromatic rings. The van der Waals surface area contributed by atoms with Crippen molar-refractivity contribution < 1.29 is 18.9 Å². The largest absolute Gasteiger partial charge is 0.484 e. The third-order valence-electron chi connectivity index (χ3n) is 6.61. The highest BCUT2D eigenvalue weighted by Crippen LogP contribution is 2.42. The van der Waals surface area contributed by atoms with Gasteiger partial charge >= 0.3 is 0 Å². The van der Waals surface area contributed by atoms with Crippen LogP contribution in [0.4, 0.5) is 0 Å². The summed E-state index contributed by atoms with van der Waals surface area (Å²) in [6.07, 6.45) is 5.07. The number of ether oxygens (including phenoxy) is 4. The van der Waals surface area contributed by atoms with E-state index < -0.39 is 0 Å². The third-order valence-corrected chi connectivity index (χ3v) is 6.61. The van der Waals surface area contributed by atoms with Gasteiger partial charge in [-0.25, -0.2) is 15.0 Å². The summed E-state index contributed by atoms with van der Waals surface area (Å²) >= 11 is 0. The van der Waals surface area contributed by atoms with Gasteiger partial charge in [-0.05, 0) is 33.3 Å². The lowest BCUT2D eigenvalue weighted by Crippen LogP contribution is -2.40. The monoisotopic (exact) mass is 493 g/mol. The van der Waals surface area contributed by atoms with Crippen LogP contribution in [0.25, 0.3) is 22.1 Å². The fourth-order valence-electron chi connectivity index (χ4n) is 4.87. The van der Waals surface area contributed by atoms with Crippen LogP contribution in [0, 0.1) is 0 Å². The van der Waals surface area contributed by atoms with E-state index in [1.807, 2.05) is 12.1 Å². The van der Waals surface area contributed by atoms with Crippen LogP contribution in [0.1, 0.15) is 0 Å². The van der Waals surface area contributed by atoms with E-state index in [1.54, 1.807) is 18.7 Å². The molecular weight excluding hydrogens is 462 g/mol. The zero-order valence-corrected chi connectivity index (χ0v) is 20.9.